The predicted molar refractivity (Wildman–Crippen MR) is 109 cm³/mol. The third-order valence-electron chi connectivity index (χ3n) is 5.14. The van der Waals surface area contributed by atoms with Crippen LogP contribution in [0.1, 0.15) is 31.9 Å². The Labute approximate surface area is 177 Å². The van der Waals surface area contributed by atoms with E-state index < -0.39 is 42.8 Å². The molecular weight excluding hydrogens is 414 g/mol. The zero-order valence-electron chi connectivity index (χ0n) is 17.0. The second-order valence-corrected chi connectivity index (χ2v) is 7.74. The van der Waals surface area contributed by atoms with Crippen LogP contribution in [0, 0.1) is 11.7 Å². The molecule has 0 aromatic heterocycles. The third-order valence-corrected chi connectivity index (χ3v) is 5.14. The summed E-state index contributed by atoms with van der Waals surface area (Å²) in [7, 11) is 0. The van der Waals surface area contributed by atoms with E-state index in [-0.39, 0.29) is 23.3 Å². The SMILES string of the molecule is CC(C)[C@@H](NCC(=O)N1c2ccccc2NC(=O)C[C@@H]1C(F)(F)F)c1ccc(F)cc1. The molecule has 0 unspecified atom stereocenters. The van der Waals surface area contributed by atoms with Crippen molar-refractivity contribution in [2.75, 3.05) is 16.8 Å². The second kappa shape index (κ2) is 9.05. The van der Waals surface area contributed by atoms with Crippen LogP contribution in [-0.2, 0) is 9.59 Å². The lowest BCUT2D eigenvalue weighted by Crippen LogP contribution is -2.52. The summed E-state index contributed by atoms with van der Waals surface area (Å²) >= 11 is 0. The fraction of sp³-hybridized carbons (Fsp3) is 0.364. The zero-order chi connectivity index (χ0) is 22.8. The standard InChI is InChI=1S/C22H23F4N3O2/c1-13(2)21(14-7-9-15(23)10-8-14)27-12-20(31)29-17-6-4-3-5-16(17)28-19(30)11-18(29)22(24,25)26/h3-10,13,18,21,27H,11-12H2,1-2H3,(H,28,30)/t18-,21-/m1/s1. The van der Waals surface area contributed by atoms with Crippen molar-refractivity contribution in [1.82, 2.24) is 5.32 Å². The van der Waals surface area contributed by atoms with Crippen molar-refractivity contribution in [2.45, 2.75) is 38.5 Å². The molecule has 2 aromatic carbocycles. The first-order chi connectivity index (χ1) is 14.6. The lowest BCUT2D eigenvalue weighted by molar-refractivity contribution is -0.157. The van der Waals surface area contributed by atoms with Crippen molar-refractivity contribution in [3.8, 4) is 0 Å². The van der Waals surface area contributed by atoms with Gasteiger partial charge in [0.25, 0.3) is 0 Å². The summed E-state index contributed by atoms with van der Waals surface area (Å²) in [5.41, 5.74) is 0.849. The molecule has 166 valence electrons. The molecule has 0 saturated carbocycles. The first kappa shape index (κ1) is 22.7. The molecule has 0 fully saturated rings. The molecule has 3 rings (SSSR count). The van der Waals surface area contributed by atoms with Gasteiger partial charge < -0.3 is 10.6 Å². The summed E-state index contributed by atoms with van der Waals surface area (Å²) in [6.07, 6.45) is -5.69. The number of halogens is 4. The van der Waals surface area contributed by atoms with Gasteiger partial charge in [-0.2, -0.15) is 13.2 Å². The summed E-state index contributed by atoms with van der Waals surface area (Å²) in [6, 6.07) is 8.95. The van der Waals surface area contributed by atoms with Crippen LogP contribution in [0.5, 0.6) is 0 Å². The van der Waals surface area contributed by atoms with Crippen LogP contribution in [0.15, 0.2) is 48.5 Å². The van der Waals surface area contributed by atoms with Crippen LogP contribution in [0.4, 0.5) is 28.9 Å². The quantitative estimate of drug-likeness (QED) is 0.681. The number of rotatable bonds is 5. The van der Waals surface area contributed by atoms with E-state index in [1.807, 2.05) is 13.8 Å². The van der Waals surface area contributed by atoms with Crippen LogP contribution >= 0.6 is 0 Å². The normalized spacial score (nSPS) is 17.7. The molecule has 1 aliphatic rings. The van der Waals surface area contributed by atoms with Gasteiger partial charge in [0.05, 0.1) is 24.3 Å². The van der Waals surface area contributed by atoms with Gasteiger partial charge >= 0.3 is 6.18 Å². The molecule has 2 atom stereocenters. The third kappa shape index (κ3) is 5.22. The summed E-state index contributed by atoms with van der Waals surface area (Å²) in [6.45, 7) is 3.37. The Bertz CT molecular complexity index is 945. The van der Waals surface area contributed by atoms with Gasteiger partial charge in [0, 0.05) is 6.04 Å². The number of carbonyl (C=O) groups is 2. The molecule has 9 heteroatoms. The Morgan fingerprint density at radius 1 is 1.16 bits per heavy atom. The smallest absolute Gasteiger partial charge is 0.324 e. The maximum absolute atomic E-state index is 13.8. The molecule has 0 radical (unpaired) electrons. The molecular formula is C22H23F4N3O2. The highest BCUT2D eigenvalue weighted by molar-refractivity contribution is 6.05. The number of nitrogens with one attached hydrogen (secondary N) is 2. The highest BCUT2D eigenvalue weighted by Crippen LogP contribution is 2.37. The van der Waals surface area contributed by atoms with Gasteiger partial charge in [-0.25, -0.2) is 4.39 Å². The molecule has 0 spiro atoms. The van der Waals surface area contributed by atoms with Crippen molar-refractivity contribution in [1.29, 1.82) is 0 Å². The van der Waals surface area contributed by atoms with Crippen LogP contribution in [-0.4, -0.2) is 30.6 Å². The number of carbonyl (C=O) groups excluding carboxylic acids is 2. The minimum absolute atomic E-state index is 0.00893. The van der Waals surface area contributed by atoms with E-state index in [2.05, 4.69) is 10.6 Å². The van der Waals surface area contributed by atoms with Gasteiger partial charge in [0.1, 0.15) is 11.9 Å². The van der Waals surface area contributed by atoms with Crippen LogP contribution in [0.3, 0.4) is 0 Å². The average Bonchev–Trinajstić information content (AvgIpc) is 2.84. The molecule has 0 bridgehead atoms. The lowest BCUT2D eigenvalue weighted by atomic mass is 9.96. The summed E-state index contributed by atoms with van der Waals surface area (Å²) in [5, 5.41) is 5.43. The summed E-state index contributed by atoms with van der Waals surface area (Å²) < 4.78 is 54.7. The van der Waals surface area contributed by atoms with Gasteiger partial charge in [-0.05, 0) is 35.7 Å². The molecule has 0 saturated heterocycles. The Kier molecular flexibility index (Phi) is 6.64. The lowest BCUT2D eigenvalue weighted by Gasteiger charge is -2.32. The maximum Gasteiger partial charge on any atom is 0.409 e. The van der Waals surface area contributed by atoms with E-state index in [0.29, 0.717) is 10.5 Å². The Hall–Kier alpha value is -2.94. The average molecular weight is 437 g/mol. The number of para-hydroxylation sites is 2. The molecule has 31 heavy (non-hydrogen) atoms. The van der Waals surface area contributed by atoms with E-state index in [9.17, 15) is 27.2 Å². The molecule has 0 aliphatic carbocycles. The van der Waals surface area contributed by atoms with Crippen molar-refractivity contribution in [2.24, 2.45) is 5.92 Å². The van der Waals surface area contributed by atoms with Crippen molar-refractivity contribution >= 4 is 23.2 Å². The van der Waals surface area contributed by atoms with E-state index in [1.54, 1.807) is 18.2 Å². The number of hydrogen-bond acceptors (Lipinski definition) is 3. The minimum atomic E-state index is -4.79. The van der Waals surface area contributed by atoms with Crippen LogP contribution in [0.25, 0.3) is 0 Å². The van der Waals surface area contributed by atoms with Gasteiger partial charge in [-0.15, -0.1) is 0 Å². The van der Waals surface area contributed by atoms with E-state index in [4.69, 9.17) is 0 Å². The largest absolute Gasteiger partial charge is 0.409 e. The number of alkyl halides is 3. The van der Waals surface area contributed by atoms with Gasteiger partial charge in [-0.3, -0.25) is 14.5 Å². The molecule has 2 aromatic rings. The molecule has 1 aliphatic heterocycles. The predicted octanol–water partition coefficient (Wildman–Crippen LogP) is 4.42. The highest BCUT2D eigenvalue weighted by atomic mass is 19.4. The number of anilines is 2. The van der Waals surface area contributed by atoms with Crippen molar-refractivity contribution in [3.05, 3.63) is 59.9 Å². The Morgan fingerprint density at radius 3 is 2.42 bits per heavy atom. The van der Waals surface area contributed by atoms with Crippen molar-refractivity contribution in [3.63, 3.8) is 0 Å². The number of nitrogens with zero attached hydrogens (tertiary/aromatic N) is 1. The summed E-state index contributed by atoms with van der Waals surface area (Å²) in [4.78, 5) is 25.7. The minimum Gasteiger partial charge on any atom is -0.324 e. The molecule has 1 heterocycles. The molecule has 5 nitrogen and oxygen atoms in total. The van der Waals surface area contributed by atoms with Crippen molar-refractivity contribution < 1.29 is 27.2 Å². The fourth-order valence-corrected chi connectivity index (χ4v) is 3.69. The number of hydrogen-bond donors (Lipinski definition) is 2. The maximum atomic E-state index is 13.8. The van der Waals surface area contributed by atoms with Crippen LogP contribution < -0.4 is 15.5 Å². The Morgan fingerprint density at radius 2 is 1.81 bits per heavy atom. The first-order valence-corrected chi connectivity index (χ1v) is 9.84. The van der Waals surface area contributed by atoms with Gasteiger partial charge in [0.2, 0.25) is 11.8 Å². The van der Waals surface area contributed by atoms with Crippen LogP contribution in [0.2, 0.25) is 0 Å². The van der Waals surface area contributed by atoms with E-state index in [1.165, 1.54) is 30.3 Å². The van der Waals surface area contributed by atoms with E-state index in [0.717, 1.165) is 0 Å². The van der Waals surface area contributed by atoms with Gasteiger partial charge in [-0.1, -0.05) is 38.1 Å². The fourth-order valence-electron chi connectivity index (χ4n) is 3.69. The topological polar surface area (TPSA) is 61.4 Å². The van der Waals surface area contributed by atoms with Gasteiger partial charge in [0.15, 0.2) is 0 Å². The zero-order valence-corrected chi connectivity index (χ0v) is 17.0. The second-order valence-electron chi connectivity index (χ2n) is 7.74. The van der Waals surface area contributed by atoms with E-state index >= 15 is 0 Å². The molecule has 2 amide bonds. The number of fused-ring (bicyclic) bond motifs is 1. The monoisotopic (exact) mass is 437 g/mol. The number of amides is 2. The Balaban J connectivity index is 1.89. The first-order valence-electron chi connectivity index (χ1n) is 9.84. The summed E-state index contributed by atoms with van der Waals surface area (Å²) in [5.74, 6) is -2.06. The highest BCUT2D eigenvalue weighted by Gasteiger charge is 2.48. The molecule has 2 N–H and O–H groups in total. The number of benzene rings is 2.